The number of fused-ring (bicyclic) bond motifs is 5. The van der Waals surface area contributed by atoms with Crippen molar-refractivity contribution in [3.63, 3.8) is 0 Å². The molecule has 0 unspecified atom stereocenters. The van der Waals surface area contributed by atoms with Gasteiger partial charge in [-0.05, 0) is 13.0 Å². The molecular weight excluding hydrogens is 288 g/mol. The predicted octanol–water partition coefficient (Wildman–Crippen LogP) is 1.43. The first kappa shape index (κ1) is 13.1. The smallest absolute Gasteiger partial charge is 0.271 e. The molecule has 1 aromatic carbocycles. The van der Waals surface area contributed by atoms with E-state index in [1.54, 1.807) is 6.92 Å². The average molecular weight is 300 g/mol. The van der Waals surface area contributed by atoms with Crippen molar-refractivity contribution in [1.29, 1.82) is 0 Å². The molecule has 0 aliphatic carbocycles. The second-order valence-electron chi connectivity index (χ2n) is 5.92. The summed E-state index contributed by atoms with van der Waals surface area (Å²) in [5.41, 5.74) is -0.683. The number of carbonyl (C=O) groups excluding carboxylic acids is 2. The van der Waals surface area contributed by atoms with Gasteiger partial charge in [0.1, 0.15) is 0 Å². The van der Waals surface area contributed by atoms with E-state index in [0.29, 0.717) is 0 Å². The number of nitrogens with zero attached hydrogens (tertiary/aromatic N) is 2. The normalized spacial score (nSPS) is 35.3. The minimum absolute atomic E-state index is 0.154. The minimum Gasteiger partial charge on any atom is -0.362 e. The fourth-order valence-electron chi connectivity index (χ4n) is 3.65. The van der Waals surface area contributed by atoms with Crippen molar-refractivity contribution in [3.8, 4) is 0 Å². The van der Waals surface area contributed by atoms with Crippen LogP contribution in [0.15, 0.2) is 36.4 Å². The largest absolute Gasteiger partial charge is 0.362 e. The Kier molecular flexibility index (Phi) is 2.40. The number of anilines is 1. The standard InChI is InChI=1S/C15H12N2O5/c1-15-6-5-10(22-15)11-12(15)14(19)16(13(11)18)8-3-2-4-9(7-8)17(20)21/h2-7,10-12H,1H3/t10-,11-,12+,15+/m0/s1. The summed E-state index contributed by atoms with van der Waals surface area (Å²) >= 11 is 0. The van der Waals surface area contributed by atoms with Crippen LogP contribution in [0.1, 0.15) is 6.92 Å². The summed E-state index contributed by atoms with van der Waals surface area (Å²) in [6, 6.07) is 5.57. The maximum Gasteiger partial charge on any atom is 0.271 e. The van der Waals surface area contributed by atoms with Crippen LogP contribution in [0, 0.1) is 22.0 Å². The Morgan fingerprint density at radius 1 is 1.32 bits per heavy atom. The van der Waals surface area contributed by atoms with Crippen molar-refractivity contribution >= 4 is 23.2 Å². The topological polar surface area (TPSA) is 89.8 Å². The van der Waals surface area contributed by atoms with E-state index >= 15 is 0 Å². The molecule has 3 aliphatic rings. The molecule has 4 rings (SSSR count). The third-order valence-corrected chi connectivity index (χ3v) is 4.63. The Labute approximate surface area is 125 Å². The molecule has 7 heteroatoms. The first-order valence-electron chi connectivity index (χ1n) is 6.92. The van der Waals surface area contributed by atoms with Gasteiger partial charge in [-0.3, -0.25) is 19.7 Å². The Balaban J connectivity index is 1.77. The number of imide groups is 1. The predicted molar refractivity (Wildman–Crippen MR) is 75.0 cm³/mol. The first-order valence-corrected chi connectivity index (χ1v) is 6.92. The van der Waals surface area contributed by atoms with Crippen molar-refractivity contribution in [1.82, 2.24) is 0 Å². The van der Waals surface area contributed by atoms with Crippen LogP contribution in [0.3, 0.4) is 0 Å². The summed E-state index contributed by atoms with van der Waals surface area (Å²) in [6.45, 7) is 1.79. The van der Waals surface area contributed by atoms with Gasteiger partial charge in [-0.25, -0.2) is 4.90 Å². The maximum absolute atomic E-state index is 12.7. The Morgan fingerprint density at radius 3 is 2.77 bits per heavy atom. The van der Waals surface area contributed by atoms with Gasteiger partial charge in [-0.15, -0.1) is 0 Å². The third kappa shape index (κ3) is 1.48. The average Bonchev–Trinajstić information content (AvgIpc) is 3.08. The molecule has 0 radical (unpaired) electrons. The number of hydrogen-bond acceptors (Lipinski definition) is 5. The quantitative estimate of drug-likeness (QED) is 0.357. The number of rotatable bonds is 2. The van der Waals surface area contributed by atoms with Crippen molar-refractivity contribution in [2.24, 2.45) is 11.8 Å². The Morgan fingerprint density at radius 2 is 2.09 bits per heavy atom. The van der Waals surface area contributed by atoms with Gasteiger partial charge < -0.3 is 4.74 Å². The summed E-state index contributed by atoms with van der Waals surface area (Å²) in [5.74, 6) is -1.81. The van der Waals surface area contributed by atoms with E-state index in [9.17, 15) is 19.7 Å². The lowest BCUT2D eigenvalue weighted by Crippen LogP contribution is -2.38. The van der Waals surface area contributed by atoms with Gasteiger partial charge in [-0.1, -0.05) is 18.2 Å². The van der Waals surface area contributed by atoms with Gasteiger partial charge in [0, 0.05) is 12.1 Å². The molecule has 22 heavy (non-hydrogen) atoms. The highest BCUT2D eigenvalue weighted by Gasteiger charge is 2.66. The number of nitro benzene ring substituents is 1. The molecule has 2 fully saturated rings. The van der Waals surface area contributed by atoms with E-state index in [4.69, 9.17) is 4.74 Å². The molecule has 3 heterocycles. The number of amides is 2. The van der Waals surface area contributed by atoms with E-state index in [1.165, 1.54) is 24.3 Å². The zero-order valence-electron chi connectivity index (χ0n) is 11.6. The minimum atomic E-state index is -0.766. The molecule has 1 aromatic rings. The van der Waals surface area contributed by atoms with Crippen LogP contribution in [0.4, 0.5) is 11.4 Å². The van der Waals surface area contributed by atoms with Gasteiger partial charge in [0.2, 0.25) is 11.8 Å². The second-order valence-corrected chi connectivity index (χ2v) is 5.92. The highest BCUT2D eigenvalue weighted by atomic mass is 16.6. The Bertz CT molecular complexity index is 758. The molecule has 0 aromatic heterocycles. The van der Waals surface area contributed by atoms with Gasteiger partial charge in [0.15, 0.2) is 0 Å². The lowest BCUT2D eigenvalue weighted by Gasteiger charge is -2.24. The van der Waals surface area contributed by atoms with Crippen molar-refractivity contribution in [2.75, 3.05) is 4.90 Å². The van der Waals surface area contributed by atoms with Crippen molar-refractivity contribution in [3.05, 3.63) is 46.5 Å². The lowest BCUT2D eigenvalue weighted by molar-refractivity contribution is -0.384. The third-order valence-electron chi connectivity index (χ3n) is 4.63. The summed E-state index contributed by atoms with van der Waals surface area (Å²) in [7, 11) is 0. The van der Waals surface area contributed by atoms with Gasteiger partial charge in [0.05, 0.1) is 34.2 Å². The van der Waals surface area contributed by atoms with Crippen molar-refractivity contribution < 1.29 is 19.2 Å². The van der Waals surface area contributed by atoms with E-state index in [1.807, 2.05) is 12.2 Å². The molecule has 3 aliphatic heterocycles. The molecule has 2 bridgehead atoms. The summed E-state index contributed by atoms with van der Waals surface area (Å²) in [5, 5.41) is 10.9. The highest BCUT2D eigenvalue weighted by Crippen LogP contribution is 2.52. The van der Waals surface area contributed by atoms with Crippen LogP contribution in [-0.4, -0.2) is 28.4 Å². The lowest BCUT2D eigenvalue weighted by atomic mass is 9.78. The fourth-order valence-corrected chi connectivity index (χ4v) is 3.65. The summed E-state index contributed by atoms with van der Waals surface area (Å²) < 4.78 is 5.73. The van der Waals surface area contributed by atoms with Crippen LogP contribution in [0.5, 0.6) is 0 Å². The van der Waals surface area contributed by atoms with Crippen LogP contribution < -0.4 is 4.90 Å². The number of benzene rings is 1. The number of ether oxygens (including phenoxy) is 1. The molecule has 0 saturated carbocycles. The zero-order chi connectivity index (χ0) is 15.6. The van der Waals surface area contributed by atoms with Gasteiger partial charge in [0.25, 0.3) is 5.69 Å². The second kappa shape index (κ2) is 4.01. The fraction of sp³-hybridized carbons (Fsp3) is 0.333. The molecule has 2 saturated heterocycles. The molecular formula is C15H12N2O5. The number of carbonyl (C=O) groups is 2. The highest BCUT2D eigenvalue weighted by molar-refractivity contribution is 6.23. The SMILES string of the molecule is C[C@]12C=C[C@H](O1)[C@@H]1C(=O)N(c3cccc([N+](=O)[O-])c3)C(=O)[C@@H]12. The van der Waals surface area contributed by atoms with Crippen LogP contribution in [0.2, 0.25) is 0 Å². The van der Waals surface area contributed by atoms with E-state index in [-0.39, 0.29) is 23.2 Å². The van der Waals surface area contributed by atoms with E-state index < -0.39 is 28.5 Å². The first-order chi connectivity index (χ1) is 10.4. The molecule has 112 valence electrons. The number of hydrogen-bond donors (Lipinski definition) is 0. The van der Waals surface area contributed by atoms with Crippen LogP contribution in [-0.2, 0) is 14.3 Å². The molecule has 0 N–H and O–H groups in total. The summed E-state index contributed by atoms with van der Waals surface area (Å²) in [4.78, 5) is 36.7. The monoisotopic (exact) mass is 300 g/mol. The van der Waals surface area contributed by atoms with Gasteiger partial charge >= 0.3 is 0 Å². The van der Waals surface area contributed by atoms with E-state index in [0.717, 1.165) is 4.90 Å². The maximum atomic E-state index is 12.7. The van der Waals surface area contributed by atoms with Crippen LogP contribution in [0.25, 0.3) is 0 Å². The van der Waals surface area contributed by atoms with Crippen molar-refractivity contribution in [2.45, 2.75) is 18.6 Å². The number of non-ortho nitro benzene ring substituents is 1. The van der Waals surface area contributed by atoms with Crippen LogP contribution >= 0.6 is 0 Å². The zero-order valence-corrected chi connectivity index (χ0v) is 11.6. The molecule has 4 atom stereocenters. The summed E-state index contributed by atoms with van der Waals surface area (Å²) in [6.07, 6.45) is 3.24. The molecule has 2 amide bonds. The Hall–Kier alpha value is -2.54. The number of nitro groups is 1. The van der Waals surface area contributed by atoms with E-state index in [2.05, 4.69) is 0 Å². The van der Waals surface area contributed by atoms with Gasteiger partial charge in [-0.2, -0.15) is 0 Å². The molecule has 7 nitrogen and oxygen atoms in total. The molecule has 0 spiro atoms.